The molecule has 0 saturated carbocycles. The highest BCUT2D eigenvalue weighted by Crippen LogP contribution is 2.29. The van der Waals surface area contributed by atoms with E-state index in [1.165, 1.54) is 18.2 Å². The molecule has 1 saturated heterocycles. The second-order valence-electron chi connectivity index (χ2n) is 5.74. The summed E-state index contributed by atoms with van der Waals surface area (Å²) < 4.78 is 0. The van der Waals surface area contributed by atoms with Crippen LogP contribution in [-0.4, -0.2) is 29.6 Å². The molecule has 106 valence electrons. The Hall–Kier alpha value is -1.58. The standard InChI is InChI=1S/C17H22N2O/c18-11-13-7-9-19(10-8-13)12-16-15-4-2-1-3-14(15)5-6-17(16)20/h1-6,13,20H,7-12,18H2. The van der Waals surface area contributed by atoms with Crippen LogP contribution in [0.4, 0.5) is 0 Å². The van der Waals surface area contributed by atoms with Gasteiger partial charge in [0.15, 0.2) is 0 Å². The molecule has 2 aromatic rings. The first-order valence-corrected chi connectivity index (χ1v) is 7.40. The minimum Gasteiger partial charge on any atom is -0.508 e. The van der Waals surface area contributed by atoms with E-state index in [0.717, 1.165) is 37.1 Å². The quantitative estimate of drug-likeness (QED) is 0.901. The van der Waals surface area contributed by atoms with E-state index in [0.29, 0.717) is 11.7 Å². The molecular formula is C17H22N2O. The number of nitrogens with two attached hydrogens (primary N) is 1. The molecule has 2 aromatic carbocycles. The molecule has 3 heteroatoms. The number of aromatic hydroxyl groups is 1. The monoisotopic (exact) mass is 270 g/mol. The zero-order valence-electron chi connectivity index (χ0n) is 11.8. The third-order valence-electron chi connectivity index (χ3n) is 4.44. The lowest BCUT2D eigenvalue weighted by atomic mass is 9.96. The second kappa shape index (κ2) is 5.81. The van der Waals surface area contributed by atoms with Crippen molar-refractivity contribution < 1.29 is 5.11 Å². The maximum Gasteiger partial charge on any atom is 0.120 e. The van der Waals surface area contributed by atoms with Gasteiger partial charge in [0.2, 0.25) is 0 Å². The lowest BCUT2D eigenvalue weighted by Gasteiger charge is -2.31. The van der Waals surface area contributed by atoms with Gasteiger partial charge < -0.3 is 10.8 Å². The van der Waals surface area contributed by atoms with E-state index < -0.39 is 0 Å². The van der Waals surface area contributed by atoms with Gasteiger partial charge in [-0.2, -0.15) is 0 Å². The van der Waals surface area contributed by atoms with Crippen molar-refractivity contribution in [3.05, 3.63) is 42.0 Å². The summed E-state index contributed by atoms with van der Waals surface area (Å²) in [5.41, 5.74) is 6.79. The number of hydrogen-bond donors (Lipinski definition) is 2. The van der Waals surface area contributed by atoms with Gasteiger partial charge in [-0.05, 0) is 55.2 Å². The van der Waals surface area contributed by atoms with Gasteiger partial charge in [-0.25, -0.2) is 0 Å². The van der Waals surface area contributed by atoms with Crippen molar-refractivity contribution in [2.24, 2.45) is 11.7 Å². The molecule has 1 aliphatic rings. The molecule has 0 amide bonds. The van der Waals surface area contributed by atoms with Gasteiger partial charge in [0.1, 0.15) is 5.75 Å². The summed E-state index contributed by atoms with van der Waals surface area (Å²) >= 11 is 0. The summed E-state index contributed by atoms with van der Waals surface area (Å²) in [7, 11) is 0. The molecule has 0 radical (unpaired) electrons. The predicted molar refractivity (Wildman–Crippen MR) is 82.7 cm³/mol. The molecular weight excluding hydrogens is 248 g/mol. The first kappa shape index (κ1) is 13.4. The number of rotatable bonds is 3. The van der Waals surface area contributed by atoms with Gasteiger partial charge in [0.05, 0.1) is 0 Å². The lowest BCUT2D eigenvalue weighted by Crippen LogP contribution is -2.35. The Kier molecular flexibility index (Phi) is 3.90. The minimum absolute atomic E-state index is 0.407. The second-order valence-corrected chi connectivity index (χ2v) is 5.74. The third-order valence-corrected chi connectivity index (χ3v) is 4.44. The molecule has 0 bridgehead atoms. The Morgan fingerprint density at radius 2 is 1.85 bits per heavy atom. The molecule has 20 heavy (non-hydrogen) atoms. The largest absolute Gasteiger partial charge is 0.508 e. The number of hydrogen-bond acceptors (Lipinski definition) is 3. The minimum atomic E-state index is 0.407. The van der Waals surface area contributed by atoms with Crippen LogP contribution >= 0.6 is 0 Å². The smallest absolute Gasteiger partial charge is 0.120 e. The van der Waals surface area contributed by atoms with Crippen molar-refractivity contribution in [3.63, 3.8) is 0 Å². The van der Waals surface area contributed by atoms with Crippen molar-refractivity contribution in [1.29, 1.82) is 0 Å². The van der Waals surface area contributed by atoms with Crippen LogP contribution in [0.2, 0.25) is 0 Å². The summed E-state index contributed by atoms with van der Waals surface area (Å²) in [6, 6.07) is 12.1. The average Bonchev–Trinajstić information content (AvgIpc) is 2.51. The Morgan fingerprint density at radius 3 is 2.60 bits per heavy atom. The SMILES string of the molecule is NCC1CCN(Cc2c(O)ccc3ccccc23)CC1. The van der Waals surface area contributed by atoms with Crippen molar-refractivity contribution in [2.75, 3.05) is 19.6 Å². The molecule has 0 aliphatic carbocycles. The zero-order chi connectivity index (χ0) is 13.9. The summed E-state index contributed by atoms with van der Waals surface area (Å²) in [6.45, 7) is 3.77. The Balaban J connectivity index is 1.82. The number of phenolic OH excluding ortho intramolecular Hbond substituents is 1. The van der Waals surface area contributed by atoms with E-state index in [1.807, 2.05) is 24.3 Å². The van der Waals surface area contributed by atoms with Crippen molar-refractivity contribution in [1.82, 2.24) is 4.90 Å². The van der Waals surface area contributed by atoms with Crippen LogP contribution in [0.1, 0.15) is 18.4 Å². The normalized spacial score (nSPS) is 17.6. The van der Waals surface area contributed by atoms with E-state index in [4.69, 9.17) is 5.73 Å². The molecule has 3 N–H and O–H groups in total. The Morgan fingerprint density at radius 1 is 1.10 bits per heavy atom. The summed E-state index contributed by atoms with van der Waals surface area (Å²) in [6.07, 6.45) is 2.34. The van der Waals surface area contributed by atoms with E-state index in [2.05, 4.69) is 17.0 Å². The number of benzene rings is 2. The number of likely N-dealkylation sites (tertiary alicyclic amines) is 1. The van der Waals surface area contributed by atoms with Crippen LogP contribution < -0.4 is 5.73 Å². The van der Waals surface area contributed by atoms with Gasteiger partial charge in [-0.15, -0.1) is 0 Å². The Labute approximate surface area is 120 Å². The number of phenols is 1. The zero-order valence-corrected chi connectivity index (χ0v) is 11.8. The van der Waals surface area contributed by atoms with Crippen LogP contribution in [0.5, 0.6) is 5.75 Å². The maximum absolute atomic E-state index is 10.2. The maximum atomic E-state index is 10.2. The van der Waals surface area contributed by atoms with Crippen LogP contribution in [-0.2, 0) is 6.54 Å². The summed E-state index contributed by atoms with van der Waals surface area (Å²) in [5, 5.41) is 12.5. The average molecular weight is 270 g/mol. The van der Waals surface area contributed by atoms with Crippen molar-refractivity contribution in [2.45, 2.75) is 19.4 Å². The van der Waals surface area contributed by atoms with Crippen LogP contribution in [0.15, 0.2) is 36.4 Å². The number of nitrogens with zero attached hydrogens (tertiary/aromatic N) is 1. The van der Waals surface area contributed by atoms with Gasteiger partial charge in [0.25, 0.3) is 0 Å². The van der Waals surface area contributed by atoms with E-state index in [1.54, 1.807) is 0 Å². The molecule has 3 rings (SSSR count). The van der Waals surface area contributed by atoms with Gasteiger partial charge >= 0.3 is 0 Å². The molecule has 1 aliphatic heterocycles. The predicted octanol–water partition coefficient (Wildman–Crippen LogP) is 2.72. The Bertz CT molecular complexity index is 589. The molecule has 1 fully saturated rings. The fraction of sp³-hybridized carbons (Fsp3) is 0.412. The first-order valence-electron chi connectivity index (χ1n) is 7.40. The first-order chi connectivity index (χ1) is 9.78. The van der Waals surface area contributed by atoms with Crippen molar-refractivity contribution >= 4 is 10.8 Å². The number of piperidine rings is 1. The lowest BCUT2D eigenvalue weighted by molar-refractivity contribution is 0.179. The number of fused-ring (bicyclic) bond motifs is 1. The summed E-state index contributed by atoms with van der Waals surface area (Å²) in [5.74, 6) is 1.08. The van der Waals surface area contributed by atoms with Gasteiger partial charge in [-0.1, -0.05) is 30.3 Å². The highest BCUT2D eigenvalue weighted by molar-refractivity contribution is 5.87. The third kappa shape index (κ3) is 2.65. The van der Waals surface area contributed by atoms with E-state index >= 15 is 0 Å². The molecule has 0 spiro atoms. The molecule has 3 nitrogen and oxygen atoms in total. The molecule has 0 aromatic heterocycles. The fourth-order valence-corrected chi connectivity index (χ4v) is 3.09. The van der Waals surface area contributed by atoms with Crippen LogP contribution in [0.3, 0.4) is 0 Å². The van der Waals surface area contributed by atoms with Crippen LogP contribution in [0, 0.1) is 5.92 Å². The highest BCUT2D eigenvalue weighted by atomic mass is 16.3. The fourth-order valence-electron chi connectivity index (χ4n) is 3.09. The summed E-state index contributed by atoms with van der Waals surface area (Å²) in [4.78, 5) is 2.42. The molecule has 0 atom stereocenters. The molecule has 0 unspecified atom stereocenters. The van der Waals surface area contributed by atoms with E-state index in [9.17, 15) is 5.11 Å². The topological polar surface area (TPSA) is 49.5 Å². The van der Waals surface area contributed by atoms with E-state index in [-0.39, 0.29) is 0 Å². The molecule has 1 heterocycles. The van der Waals surface area contributed by atoms with Gasteiger partial charge in [0, 0.05) is 12.1 Å². The highest BCUT2D eigenvalue weighted by Gasteiger charge is 2.19. The van der Waals surface area contributed by atoms with Crippen molar-refractivity contribution in [3.8, 4) is 5.75 Å². The van der Waals surface area contributed by atoms with Gasteiger partial charge in [-0.3, -0.25) is 4.90 Å². The van der Waals surface area contributed by atoms with Crippen LogP contribution in [0.25, 0.3) is 10.8 Å².